The van der Waals surface area contributed by atoms with Gasteiger partial charge in [0.15, 0.2) is 0 Å². The van der Waals surface area contributed by atoms with E-state index in [9.17, 15) is 9.59 Å². The van der Waals surface area contributed by atoms with E-state index in [4.69, 9.17) is 14.2 Å². The fraction of sp³-hybridized carbons (Fsp3) is 0.692. The van der Waals surface area contributed by atoms with Crippen LogP contribution in [0.1, 0.15) is 13.3 Å². The molecule has 1 saturated carbocycles. The molecule has 0 aromatic rings. The van der Waals surface area contributed by atoms with Crippen molar-refractivity contribution in [2.75, 3.05) is 14.1 Å². The highest BCUT2D eigenvalue weighted by molar-refractivity contribution is 5.93. The lowest BCUT2D eigenvalue weighted by Crippen LogP contribution is -2.45. The van der Waals surface area contributed by atoms with Crippen molar-refractivity contribution in [1.82, 2.24) is 10.6 Å². The summed E-state index contributed by atoms with van der Waals surface area (Å²) >= 11 is 0. The molecule has 1 saturated heterocycles. The van der Waals surface area contributed by atoms with Gasteiger partial charge >= 0.3 is 6.09 Å². The molecule has 0 spiro atoms. The summed E-state index contributed by atoms with van der Waals surface area (Å²) in [6.07, 6.45) is 0.964. The molecule has 5 atom stereocenters. The zero-order chi connectivity index (χ0) is 14.5. The number of amides is 2. The van der Waals surface area contributed by atoms with Crippen LogP contribution in [-0.2, 0) is 19.0 Å². The second-order valence-electron chi connectivity index (χ2n) is 5.47. The molecule has 7 heteroatoms. The highest BCUT2D eigenvalue weighted by atomic mass is 16.7. The molecule has 2 amide bonds. The summed E-state index contributed by atoms with van der Waals surface area (Å²) in [5.41, 5.74) is 0.211. The topological polar surface area (TPSA) is 89.2 Å². The number of fused-ring (bicyclic) bond motifs is 3. The first-order chi connectivity index (χ1) is 9.51. The Morgan fingerprint density at radius 2 is 2.15 bits per heavy atom. The third-order valence-electron chi connectivity index (χ3n) is 4.48. The molecule has 0 radical (unpaired) electrons. The number of alkyl carbamates (subject to hydrolysis) is 1. The zero-order valence-corrected chi connectivity index (χ0v) is 11.6. The molecule has 2 fully saturated rings. The smallest absolute Gasteiger partial charge is 0.409 e. The molecule has 0 aromatic heterocycles. The average molecular weight is 282 g/mol. The van der Waals surface area contributed by atoms with Gasteiger partial charge in [0.2, 0.25) is 5.91 Å². The zero-order valence-electron chi connectivity index (χ0n) is 11.6. The van der Waals surface area contributed by atoms with E-state index in [0.29, 0.717) is 5.57 Å². The van der Waals surface area contributed by atoms with E-state index in [-0.39, 0.29) is 29.4 Å². The largest absolute Gasteiger partial charge is 0.461 e. The van der Waals surface area contributed by atoms with Crippen LogP contribution in [0.25, 0.3) is 0 Å². The molecule has 20 heavy (non-hydrogen) atoms. The first-order valence-electron chi connectivity index (χ1n) is 6.65. The van der Waals surface area contributed by atoms with E-state index in [1.54, 1.807) is 7.05 Å². The van der Waals surface area contributed by atoms with Gasteiger partial charge in [-0.25, -0.2) is 4.79 Å². The molecular formula is C13H18N2O5. The molecule has 2 N–H and O–H groups in total. The number of hydrogen-bond donors (Lipinski definition) is 2. The highest BCUT2D eigenvalue weighted by Gasteiger charge is 2.70. The van der Waals surface area contributed by atoms with E-state index < -0.39 is 12.4 Å². The Labute approximate surface area is 116 Å². The van der Waals surface area contributed by atoms with E-state index in [1.807, 2.05) is 6.92 Å². The summed E-state index contributed by atoms with van der Waals surface area (Å²) in [4.78, 5) is 23.3. The van der Waals surface area contributed by atoms with Crippen molar-refractivity contribution in [3.8, 4) is 0 Å². The summed E-state index contributed by atoms with van der Waals surface area (Å²) < 4.78 is 16.4. The molecule has 2 heterocycles. The lowest BCUT2D eigenvalue weighted by Gasteiger charge is -2.35. The van der Waals surface area contributed by atoms with Gasteiger partial charge in [-0.05, 0) is 13.3 Å². The Balaban J connectivity index is 1.86. The van der Waals surface area contributed by atoms with Crippen LogP contribution >= 0.6 is 0 Å². The van der Waals surface area contributed by atoms with E-state index in [2.05, 4.69) is 10.6 Å². The molecule has 1 aliphatic carbocycles. The summed E-state index contributed by atoms with van der Waals surface area (Å²) in [5, 5.41) is 5.00. The Hall–Kier alpha value is -1.76. The predicted molar refractivity (Wildman–Crippen MR) is 67.4 cm³/mol. The Bertz CT molecular complexity index is 491. The van der Waals surface area contributed by atoms with Crippen LogP contribution in [0.2, 0.25) is 0 Å². The van der Waals surface area contributed by atoms with Gasteiger partial charge in [-0.1, -0.05) is 0 Å². The summed E-state index contributed by atoms with van der Waals surface area (Å²) in [7, 11) is 3.07. The SMILES string of the molecule is CNC(=O)O[C@@H]1OC=C(C(=O)NC)[C@H]2C[C@@H]3O[C@]3(C)[C@H]12. The van der Waals surface area contributed by atoms with Crippen LogP contribution in [0, 0.1) is 11.8 Å². The van der Waals surface area contributed by atoms with Crippen LogP contribution < -0.4 is 10.6 Å². The number of nitrogens with one attached hydrogen (secondary N) is 2. The number of carbonyl (C=O) groups excluding carboxylic acids is 2. The first-order valence-corrected chi connectivity index (χ1v) is 6.65. The maximum Gasteiger partial charge on any atom is 0.409 e. The van der Waals surface area contributed by atoms with Crippen molar-refractivity contribution in [2.45, 2.75) is 31.3 Å². The van der Waals surface area contributed by atoms with Gasteiger partial charge in [-0.3, -0.25) is 4.79 Å². The lowest BCUT2D eigenvalue weighted by molar-refractivity contribution is -0.141. The predicted octanol–water partition coefficient (Wildman–Crippen LogP) is 0.122. The number of epoxide rings is 1. The van der Waals surface area contributed by atoms with Crippen LogP contribution in [0.4, 0.5) is 4.79 Å². The van der Waals surface area contributed by atoms with Crippen molar-refractivity contribution in [3.05, 3.63) is 11.8 Å². The number of rotatable bonds is 2. The Morgan fingerprint density at radius 3 is 2.80 bits per heavy atom. The quantitative estimate of drug-likeness (QED) is 0.702. The van der Waals surface area contributed by atoms with Gasteiger partial charge in [0.25, 0.3) is 6.29 Å². The third kappa shape index (κ3) is 1.76. The van der Waals surface area contributed by atoms with Gasteiger partial charge < -0.3 is 24.8 Å². The normalized spacial score (nSPS) is 40.6. The molecule has 3 rings (SSSR count). The lowest BCUT2D eigenvalue weighted by atomic mass is 9.82. The van der Waals surface area contributed by atoms with Crippen LogP contribution in [0.5, 0.6) is 0 Å². The number of carbonyl (C=O) groups is 2. The Kier molecular flexibility index (Phi) is 2.89. The minimum absolute atomic E-state index is 0.0119. The van der Waals surface area contributed by atoms with E-state index in [0.717, 1.165) is 6.42 Å². The molecule has 3 aliphatic rings. The van der Waals surface area contributed by atoms with Gasteiger partial charge in [-0.15, -0.1) is 0 Å². The van der Waals surface area contributed by atoms with Gasteiger partial charge in [-0.2, -0.15) is 0 Å². The second-order valence-corrected chi connectivity index (χ2v) is 5.47. The molecule has 110 valence electrons. The summed E-state index contributed by atoms with van der Waals surface area (Å²) in [6, 6.07) is 0. The highest BCUT2D eigenvalue weighted by Crippen LogP contribution is 2.60. The van der Waals surface area contributed by atoms with E-state index >= 15 is 0 Å². The maximum atomic E-state index is 11.9. The van der Waals surface area contributed by atoms with Crippen molar-refractivity contribution >= 4 is 12.0 Å². The minimum Gasteiger partial charge on any atom is -0.461 e. The molecule has 0 unspecified atom stereocenters. The molecular weight excluding hydrogens is 264 g/mol. The molecule has 0 aromatic carbocycles. The first kappa shape index (κ1) is 13.2. The maximum absolute atomic E-state index is 11.9. The minimum atomic E-state index is -0.731. The fourth-order valence-electron chi connectivity index (χ4n) is 3.35. The van der Waals surface area contributed by atoms with E-state index in [1.165, 1.54) is 13.3 Å². The Morgan fingerprint density at radius 1 is 1.40 bits per heavy atom. The average Bonchev–Trinajstić information content (AvgIpc) is 3.00. The van der Waals surface area contributed by atoms with Crippen LogP contribution in [-0.4, -0.2) is 44.1 Å². The third-order valence-corrected chi connectivity index (χ3v) is 4.48. The number of likely N-dealkylation sites (N-methyl/N-ethyl adjacent to an activating group) is 1. The van der Waals surface area contributed by atoms with Crippen LogP contribution in [0.15, 0.2) is 11.8 Å². The van der Waals surface area contributed by atoms with Crippen molar-refractivity contribution in [2.24, 2.45) is 11.8 Å². The van der Waals surface area contributed by atoms with Crippen molar-refractivity contribution < 1.29 is 23.8 Å². The summed E-state index contributed by atoms with van der Waals surface area (Å²) in [6.45, 7) is 1.97. The monoisotopic (exact) mass is 282 g/mol. The van der Waals surface area contributed by atoms with Gasteiger partial charge in [0, 0.05) is 20.0 Å². The molecule has 7 nitrogen and oxygen atoms in total. The fourth-order valence-corrected chi connectivity index (χ4v) is 3.35. The van der Waals surface area contributed by atoms with Crippen LogP contribution in [0.3, 0.4) is 0 Å². The molecule has 0 bridgehead atoms. The van der Waals surface area contributed by atoms with Gasteiger partial charge in [0.05, 0.1) is 23.9 Å². The van der Waals surface area contributed by atoms with Gasteiger partial charge in [0.1, 0.15) is 5.60 Å². The number of hydrogen-bond acceptors (Lipinski definition) is 5. The molecule has 2 aliphatic heterocycles. The summed E-state index contributed by atoms with van der Waals surface area (Å²) in [5.74, 6) is -0.340. The van der Waals surface area contributed by atoms with Crippen molar-refractivity contribution in [3.63, 3.8) is 0 Å². The standard InChI is InChI=1S/C13H18N2O5/c1-13-8(20-13)4-6-7(10(16)14-2)5-18-11(9(6)13)19-12(17)15-3/h5-6,8-9,11H,4H2,1-3H3,(H,14,16)(H,15,17)/t6-,8+,9+,11+,13+/m1/s1. The van der Waals surface area contributed by atoms with Crippen molar-refractivity contribution in [1.29, 1.82) is 0 Å². The second kappa shape index (κ2) is 4.37. The number of ether oxygens (including phenoxy) is 3.